The van der Waals surface area contributed by atoms with E-state index in [9.17, 15) is 4.79 Å². The topological polar surface area (TPSA) is 129 Å². The van der Waals surface area contributed by atoms with Crippen LogP contribution in [0.2, 0.25) is 0 Å². The van der Waals surface area contributed by atoms with Gasteiger partial charge < -0.3 is 24.9 Å². The molecular formula is C26H31N7O2. The number of nitrogens with zero attached hydrogens (tertiary/aromatic N) is 3. The number of benzene rings is 2. The average molecular weight is 474 g/mol. The number of fused-ring (bicyclic) bond motifs is 2. The summed E-state index contributed by atoms with van der Waals surface area (Å²) in [7, 11) is 0. The normalized spacial score (nSPS) is 14.6. The predicted molar refractivity (Wildman–Crippen MR) is 139 cm³/mol. The molecule has 3 heterocycles. The molecule has 1 aliphatic rings. The quantitative estimate of drug-likeness (QED) is 0.252. The summed E-state index contributed by atoms with van der Waals surface area (Å²) in [6.07, 6.45) is 1.83. The summed E-state index contributed by atoms with van der Waals surface area (Å²) in [5.74, 6) is 1.39. The summed E-state index contributed by atoms with van der Waals surface area (Å²) in [5, 5.41) is 16.6. The number of aromatic amines is 1. The first-order chi connectivity index (χ1) is 16.8. The Kier molecular flexibility index (Phi) is 5.84. The zero-order valence-electron chi connectivity index (χ0n) is 20.1. The number of aryl methyl sites for hydroxylation is 1. The highest BCUT2D eigenvalue weighted by Gasteiger charge is 2.21. The Hall–Kier alpha value is -4.01. The molecule has 35 heavy (non-hydrogen) atoms. The minimum atomic E-state index is -0.163. The molecule has 0 spiro atoms. The molecule has 9 heteroatoms. The molecule has 0 atom stereocenters. The van der Waals surface area contributed by atoms with Crippen molar-refractivity contribution in [1.82, 2.24) is 19.0 Å². The number of ether oxygens (including phenoxy) is 1. The number of nitrogen functional groups attached to an aromatic ring is 1. The van der Waals surface area contributed by atoms with E-state index >= 15 is 0 Å². The molecule has 1 aliphatic heterocycles. The van der Waals surface area contributed by atoms with Gasteiger partial charge in [-0.05, 0) is 43.5 Å². The lowest BCUT2D eigenvalue weighted by Crippen LogP contribution is -2.40. The van der Waals surface area contributed by atoms with E-state index in [-0.39, 0.29) is 17.6 Å². The molecule has 0 radical (unpaired) electrons. The molecule has 0 saturated carbocycles. The number of hydrogen-bond acceptors (Lipinski definition) is 4. The maximum absolute atomic E-state index is 12.9. The molecule has 9 nitrogen and oxygen atoms in total. The number of amidine groups is 2. The number of nitrogens with one attached hydrogen (secondary N) is 3. The highest BCUT2D eigenvalue weighted by molar-refractivity contribution is 5.98. The van der Waals surface area contributed by atoms with Crippen LogP contribution in [0, 0.1) is 10.8 Å². The SMILES string of the molecule is CCn1c(Cn2c(=O)[nH]c3ccc(OC4CCN(C(C)=N)CC4)cc32)cc2ccc(C(=N)N)cc21. The smallest absolute Gasteiger partial charge is 0.326 e. The lowest BCUT2D eigenvalue weighted by Gasteiger charge is -2.32. The summed E-state index contributed by atoms with van der Waals surface area (Å²) in [6, 6.07) is 13.6. The second kappa shape index (κ2) is 8.98. The summed E-state index contributed by atoms with van der Waals surface area (Å²) in [6.45, 7) is 6.68. The zero-order valence-corrected chi connectivity index (χ0v) is 20.1. The fourth-order valence-corrected chi connectivity index (χ4v) is 5.01. The van der Waals surface area contributed by atoms with Crippen molar-refractivity contribution in [2.24, 2.45) is 5.73 Å². The van der Waals surface area contributed by atoms with E-state index in [0.29, 0.717) is 17.9 Å². The lowest BCUT2D eigenvalue weighted by molar-refractivity contribution is 0.130. The molecule has 2 aromatic heterocycles. The van der Waals surface area contributed by atoms with Crippen molar-refractivity contribution in [2.45, 2.75) is 45.9 Å². The van der Waals surface area contributed by atoms with Crippen LogP contribution in [0.4, 0.5) is 0 Å². The molecule has 1 fully saturated rings. The molecule has 0 bridgehead atoms. The van der Waals surface area contributed by atoms with E-state index in [2.05, 4.69) is 27.4 Å². The minimum Gasteiger partial charge on any atom is -0.490 e. The van der Waals surface area contributed by atoms with Crippen LogP contribution in [-0.4, -0.2) is 49.9 Å². The standard InChI is InChI=1S/C26H31N7O2/c1-3-32-19(12-17-4-5-18(25(28)29)13-23(17)32)15-33-24-14-21(6-7-22(24)30-26(33)34)35-20-8-10-31(11-9-20)16(2)27/h4-7,12-14,20,27H,3,8-11,15H2,1-2H3,(H3,28,29)(H,30,34). The van der Waals surface area contributed by atoms with Crippen molar-refractivity contribution in [3.63, 3.8) is 0 Å². The molecule has 1 saturated heterocycles. The Labute approximate surface area is 203 Å². The summed E-state index contributed by atoms with van der Waals surface area (Å²) in [5.41, 5.74) is 9.80. The zero-order chi connectivity index (χ0) is 24.7. The molecule has 5 rings (SSSR count). The Bertz CT molecular complexity index is 1480. The number of H-pyrrole nitrogens is 1. The van der Waals surface area contributed by atoms with Gasteiger partial charge in [0.2, 0.25) is 0 Å². The van der Waals surface area contributed by atoms with Crippen LogP contribution in [0.1, 0.15) is 37.9 Å². The van der Waals surface area contributed by atoms with Crippen molar-refractivity contribution < 1.29 is 4.74 Å². The van der Waals surface area contributed by atoms with E-state index < -0.39 is 0 Å². The van der Waals surface area contributed by atoms with Gasteiger partial charge in [-0.1, -0.05) is 12.1 Å². The Balaban J connectivity index is 1.44. The highest BCUT2D eigenvalue weighted by Crippen LogP contribution is 2.26. The number of aromatic nitrogens is 3. The van der Waals surface area contributed by atoms with Crippen LogP contribution in [0.15, 0.2) is 47.3 Å². The molecule has 182 valence electrons. The van der Waals surface area contributed by atoms with Gasteiger partial charge in [-0.25, -0.2) is 4.79 Å². The van der Waals surface area contributed by atoms with Gasteiger partial charge in [0.05, 0.1) is 23.4 Å². The van der Waals surface area contributed by atoms with Crippen molar-refractivity contribution >= 4 is 33.6 Å². The van der Waals surface area contributed by atoms with Gasteiger partial charge in [0.15, 0.2) is 0 Å². The van der Waals surface area contributed by atoms with E-state index in [4.69, 9.17) is 21.3 Å². The first kappa shape index (κ1) is 22.8. The third kappa shape index (κ3) is 4.29. The van der Waals surface area contributed by atoms with E-state index in [1.54, 1.807) is 4.57 Å². The van der Waals surface area contributed by atoms with Gasteiger partial charge in [0, 0.05) is 55.3 Å². The molecule has 5 N–H and O–H groups in total. The van der Waals surface area contributed by atoms with Crippen molar-refractivity contribution in [2.75, 3.05) is 13.1 Å². The third-order valence-electron chi connectivity index (χ3n) is 6.90. The molecule has 0 unspecified atom stereocenters. The summed E-state index contributed by atoms with van der Waals surface area (Å²) in [4.78, 5) is 17.9. The number of likely N-dealkylation sites (tertiary alicyclic amines) is 1. The highest BCUT2D eigenvalue weighted by atomic mass is 16.5. The van der Waals surface area contributed by atoms with Crippen LogP contribution in [0.3, 0.4) is 0 Å². The molecule has 4 aromatic rings. The number of piperidine rings is 1. The van der Waals surface area contributed by atoms with Crippen LogP contribution >= 0.6 is 0 Å². The Morgan fingerprint density at radius 2 is 1.86 bits per heavy atom. The lowest BCUT2D eigenvalue weighted by atomic mass is 10.1. The van der Waals surface area contributed by atoms with Crippen LogP contribution in [0.5, 0.6) is 5.75 Å². The van der Waals surface area contributed by atoms with E-state index in [1.165, 1.54) is 0 Å². The maximum Gasteiger partial charge on any atom is 0.326 e. The monoisotopic (exact) mass is 473 g/mol. The van der Waals surface area contributed by atoms with Gasteiger partial charge in [0.1, 0.15) is 17.7 Å². The van der Waals surface area contributed by atoms with Crippen LogP contribution in [0.25, 0.3) is 21.9 Å². The number of nitrogens with two attached hydrogens (primary N) is 1. The second-order valence-corrected chi connectivity index (χ2v) is 9.15. The number of imidazole rings is 1. The second-order valence-electron chi connectivity index (χ2n) is 9.15. The van der Waals surface area contributed by atoms with E-state index in [0.717, 1.165) is 65.9 Å². The van der Waals surface area contributed by atoms with Crippen molar-refractivity contribution in [3.8, 4) is 5.75 Å². The first-order valence-electron chi connectivity index (χ1n) is 12.0. The first-order valence-corrected chi connectivity index (χ1v) is 12.0. The number of hydrogen-bond donors (Lipinski definition) is 4. The summed E-state index contributed by atoms with van der Waals surface area (Å²) < 4.78 is 10.2. The largest absolute Gasteiger partial charge is 0.490 e. The van der Waals surface area contributed by atoms with Gasteiger partial charge in [-0.3, -0.25) is 15.4 Å². The minimum absolute atomic E-state index is 0.0383. The van der Waals surface area contributed by atoms with Gasteiger partial charge in [-0.2, -0.15) is 0 Å². The van der Waals surface area contributed by atoms with Gasteiger partial charge in [-0.15, -0.1) is 0 Å². The van der Waals surface area contributed by atoms with Crippen LogP contribution in [-0.2, 0) is 13.1 Å². The van der Waals surface area contributed by atoms with Gasteiger partial charge in [0.25, 0.3) is 0 Å². The van der Waals surface area contributed by atoms with Crippen molar-refractivity contribution in [3.05, 3.63) is 64.2 Å². The predicted octanol–water partition coefficient (Wildman–Crippen LogP) is 3.48. The van der Waals surface area contributed by atoms with Crippen LogP contribution < -0.4 is 16.2 Å². The third-order valence-corrected chi connectivity index (χ3v) is 6.90. The molecular weight excluding hydrogens is 442 g/mol. The number of rotatable bonds is 6. The molecule has 0 amide bonds. The average Bonchev–Trinajstić information content (AvgIpc) is 3.35. The fourth-order valence-electron chi connectivity index (χ4n) is 5.01. The Morgan fingerprint density at radius 1 is 1.09 bits per heavy atom. The summed E-state index contributed by atoms with van der Waals surface area (Å²) >= 11 is 0. The molecule has 2 aromatic carbocycles. The van der Waals surface area contributed by atoms with Gasteiger partial charge >= 0.3 is 5.69 Å². The Morgan fingerprint density at radius 3 is 2.54 bits per heavy atom. The van der Waals surface area contributed by atoms with Crippen molar-refractivity contribution in [1.29, 1.82) is 10.8 Å². The van der Waals surface area contributed by atoms with E-state index in [1.807, 2.05) is 43.3 Å². The maximum atomic E-state index is 12.9. The molecule has 0 aliphatic carbocycles. The fraction of sp³-hybridized carbons (Fsp3) is 0.346.